The molecule has 28 heavy (non-hydrogen) atoms. The van der Waals surface area contributed by atoms with Crippen LogP contribution in [0.5, 0.6) is 5.75 Å². The van der Waals surface area contributed by atoms with Gasteiger partial charge in [0, 0.05) is 45.3 Å². The first kappa shape index (κ1) is 21.5. The average molecular weight is 392 g/mol. The molecular formula is C22H37N3O3. The maximum Gasteiger partial charge on any atom is 0.119 e. The van der Waals surface area contributed by atoms with Gasteiger partial charge in [-0.1, -0.05) is 19.1 Å². The molecule has 1 heterocycles. The lowest BCUT2D eigenvalue weighted by Crippen LogP contribution is -2.49. The highest BCUT2D eigenvalue weighted by molar-refractivity contribution is 5.28. The van der Waals surface area contributed by atoms with Crippen LogP contribution >= 0.6 is 0 Å². The Morgan fingerprint density at radius 1 is 1.11 bits per heavy atom. The van der Waals surface area contributed by atoms with Crippen LogP contribution in [0.3, 0.4) is 0 Å². The number of β-amino-alcohol motifs (C(OH)–C–C–N with tert-alkyl or cyclic N) is 1. The predicted octanol–water partition coefficient (Wildman–Crippen LogP) is 1.46. The Morgan fingerprint density at radius 3 is 2.54 bits per heavy atom. The molecule has 0 unspecified atom stereocenters. The quantitative estimate of drug-likeness (QED) is 0.592. The van der Waals surface area contributed by atoms with Gasteiger partial charge in [-0.05, 0) is 49.9 Å². The Balaban J connectivity index is 1.37. The number of piperazine rings is 1. The molecule has 3 N–H and O–H groups in total. The second kappa shape index (κ2) is 11.1. The Morgan fingerprint density at radius 2 is 1.82 bits per heavy atom. The van der Waals surface area contributed by atoms with Crippen LogP contribution in [0.2, 0.25) is 0 Å². The number of nitrogens with one attached hydrogen (secondary N) is 1. The molecule has 0 bridgehead atoms. The third-order valence-electron chi connectivity index (χ3n) is 6.01. The fourth-order valence-electron chi connectivity index (χ4n) is 4.12. The Hall–Kier alpha value is -1.18. The van der Waals surface area contributed by atoms with Gasteiger partial charge in [-0.3, -0.25) is 4.90 Å². The van der Waals surface area contributed by atoms with Gasteiger partial charge in [0.25, 0.3) is 0 Å². The normalized spacial score (nSPS) is 25.5. The lowest BCUT2D eigenvalue weighted by Gasteiger charge is -2.34. The van der Waals surface area contributed by atoms with Gasteiger partial charge in [-0.25, -0.2) is 0 Å². The van der Waals surface area contributed by atoms with Crippen LogP contribution in [0.25, 0.3) is 0 Å². The predicted molar refractivity (Wildman–Crippen MR) is 112 cm³/mol. The third kappa shape index (κ3) is 7.01. The number of hydrogen-bond acceptors (Lipinski definition) is 6. The van der Waals surface area contributed by atoms with Crippen molar-refractivity contribution < 1.29 is 14.9 Å². The van der Waals surface area contributed by atoms with E-state index in [0.29, 0.717) is 19.2 Å². The van der Waals surface area contributed by atoms with E-state index in [1.54, 1.807) is 0 Å². The smallest absolute Gasteiger partial charge is 0.119 e. The minimum atomic E-state index is -0.469. The highest BCUT2D eigenvalue weighted by Crippen LogP contribution is 2.19. The van der Waals surface area contributed by atoms with Gasteiger partial charge < -0.3 is 25.2 Å². The van der Waals surface area contributed by atoms with Crippen molar-refractivity contribution in [2.45, 2.75) is 57.4 Å². The van der Waals surface area contributed by atoms with Gasteiger partial charge in [-0.15, -0.1) is 0 Å². The first-order valence-corrected chi connectivity index (χ1v) is 10.9. The number of benzene rings is 1. The molecule has 0 amide bonds. The molecule has 0 aromatic heterocycles. The van der Waals surface area contributed by atoms with Crippen LogP contribution in [0.15, 0.2) is 24.3 Å². The zero-order chi connectivity index (χ0) is 19.8. The topological polar surface area (TPSA) is 68.2 Å². The van der Waals surface area contributed by atoms with Gasteiger partial charge in [0.15, 0.2) is 0 Å². The lowest BCUT2D eigenvalue weighted by molar-refractivity contribution is 0.0471. The fourth-order valence-corrected chi connectivity index (χ4v) is 4.12. The molecule has 1 atom stereocenters. The maximum atomic E-state index is 10.3. The zero-order valence-electron chi connectivity index (χ0n) is 17.2. The van der Waals surface area contributed by atoms with Gasteiger partial charge in [0.05, 0.1) is 6.10 Å². The van der Waals surface area contributed by atoms with E-state index in [1.807, 2.05) is 12.1 Å². The summed E-state index contributed by atoms with van der Waals surface area (Å²) in [6.07, 6.45) is 3.28. The van der Waals surface area contributed by atoms with Crippen molar-refractivity contribution in [2.75, 3.05) is 45.9 Å². The third-order valence-corrected chi connectivity index (χ3v) is 6.01. The van der Waals surface area contributed by atoms with Crippen molar-refractivity contribution in [1.82, 2.24) is 15.1 Å². The molecule has 0 radical (unpaired) electrons. The minimum absolute atomic E-state index is 0.114. The molecule has 6 heteroatoms. The molecule has 2 fully saturated rings. The van der Waals surface area contributed by atoms with E-state index in [0.717, 1.165) is 70.7 Å². The number of aliphatic hydroxyl groups is 2. The number of ether oxygens (including phenoxy) is 1. The van der Waals surface area contributed by atoms with E-state index >= 15 is 0 Å². The molecule has 0 spiro atoms. The second-order valence-electron chi connectivity index (χ2n) is 8.23. The van der Waals surface area contributed by atoms with Crippen LogP contribution in [-0.4, -0.2) is 84.1 Å². The summed E-state index contributed by atoms with van der Waals surface area (Å²) in [5.74, 6) is 0.813. The summed E-state index contributed by atoms with van der Waals surface area (Å²) in [7, 11) is 0. The second-order valence-corrected chi connectivity index (χ2v) is 8.23. The van der Waals surface area contributed by atoms with Crippen LogP contribution in [0, 0.1) is 0 Å². The summed E-state index contributed by atoms with van der Waals surface area (Å²) in [5, 5.41) is 23.5. The van der Waals surface area contributed by atoms with E-state index < -0.39 is 6.10 Å². The van der Waals surface area contributed by atoms with Gasteiger partial charge in [-0.2, -0.15) is 0 Å². The summed E-state index contributed by atoms with van der Waals surface area (Å²) in [6.45, 7) is 9.31. The largest absolute Gasteiger partial charge is 0.491 e. The summed E-state index contributed by atoms with van der Waals surface area (Å²) in [5.41, 5.74) is 1.19. The maximum absolute atomic E-state index is 10.3. The van der Waals surface area contributed by atoms with E-state index in [4.69, 9.17) is 4.74 Å². The fraction of sp³-hybridized carbons (Fsp3) is 0.727. The number of rotatable bonds is 9. The number of hydrogen-bond donors (Lipinski definition) is 3. The molecule has 1 aromatic rings. The Bertz CT molecular complexity index is 570. The first-order chi connectivity index (χ1) is 13.6. The summed E-state index contributed by atoms with van der Waals surface area (Å²) < 4.78 is 5.85. The molecule has 3 rings (SSSR count). The molecule has 2 aliphatic rings. The van der Waals surface area contributed by atoms with Crippen molar-refractivity contribution in [1.29, 1.82) is 0 Å². The van der Waals surface area contributed by atoms with Crippen molar-refractivity contribution in [2.24, 2.45) is 0 Å². The van der Waals surface area contributed by atoms with Crippen molar-refractivity contribution >= 4 is 0 Å². The first-order valence-electron chi connectivity index (χ1n) is 10.9. The molecule has 1 aliphatic carbocycles. The van der Waals surface area contributed by atoms with Crippen molar-refractivity contribution in [3.05, 3.63) is 29.8 Å². The monoisotopic (exact) mass is 391 g/mol. The lowest BCUT2D eigenvalue weighted by atomic mass is 9.93. The SMILES string of the molecule is CCN1CCN(C[C@H](O)COc2cccc(CNC3CCC(O)CC3)c2)CC1. The van der Waals surface area contributed by atoms with E-state index in [2.05, 4.69) is 34.2 Å². The van der Waals surface area contributed by atoms with Gasteiger partial charge in [0.2, 0.25) is 0 Å². The number of aliphatic hydroxyl groups excluding tert-OH is 2. The Labute approximate surface area is 169 Å². The van der Waals surface area contributed by atoms with Crippen LogP contribution in [0.4, 0.5) is 0 Å². The highest BCUT2D eigenvalue weighted by atomic mass is 16.5. The summed E-state index contributed by atoms with van der Waals surface area (Å²) in [4.78, 5) is 4.76. The molecule has 158 valence electrons. The van der Waals surface area contributed by atoms with Crippen LogP contribution < -0.4 is 10.1 Å². The van der Waals surface area contributed by atoms with E-state index in [-0.39, 0.29) is 6.10 Å². The zero-order valence-corrected chi connectivity index (χ0v) is 17.2. The standard InChI is InChI=1S/C22H37N3O3/c1-2-24-10-12-25(13-11-24)16-21(27)17-28-22-5-3-4-18(14-22)15-23-19-6-8-20(26)9-7-19/h3-5,14,19-21,23,26-27H,2,6-13,15-17H2,1H3/t19?,20?,21-/m0/s1. The molecular weight excluding hydrogens is 354 g/mol. The molecule has 1 aliphatic heterocycles. The number of nitrogens with zero attached hydrogens (tertiary/aromatic N) is 2. The molecule has 6 nitrogen and oxygen atoms in total. The highest BCUT2D eigenvalue weighted by Gasteiger charge is 2.19. The van der Waals surface area contributed by atoms with Crippen molar-refractivity contribution in [3.8, 4) is 5.75 Å². The Kier molecular flexibility index (Phi) is 8.55. The van der Waals surface area contributed by atoms with E-state index in [9.17, 15) is 10.2 Å². The van der Waals surface area contributed by atoms with E-state index in [1.165, 1.54) is 5.56 Å². The van der Waals surface area contributed by atoms with Crippen LogP contribution in [-0.2, 0) is 6.54 Å². The number of likely N-dealkylation sites (N-methyl/N-ethyl adjacent to an activating group) is 1. The van der Waals surface area contributed by atoms with Crippen LogP contribution in [0.1, 0.15) is 38.2 Å². The van der Waals surface area contributed by atoms with Gasteiger partial charge >= 0.3 is 0 Å². The van der Waals surface area contributed by atoms with Crippen molar-refractivity contribution in [3.63, 3.8) is 0 Å². The minimum Gasteiger partial charge on any atom is -0.491 e. The molecule has 1 saturated carbocycles. The summed E-state index contributed by atoms with van der Waals surface area (Å²) >= 11 is 0. The molecule has 1 saturated heterocycles. The summed E-state index contributed by atoms with van der Waals surface area (Å²) in [6, 6.07) is 8.60. The average Bonchev–Trinajstić information content (AvgIpc) is 2.73. The molecule has 1 aromatic carbocycles. The van der Waals surface area contributed by atoms with Gasteiger partial charge in [0.1, 0.15) is 18.5 Å².